The van der Waals surface area contributed by atoms with Crippen LogP contribution in [0.15, 0.2) is 37.1 Å². The van der Waals surface area contributed by atoms with Crippen molar-refractivity contribution < 1.29 is 23.8 Å². The van der Waals surface area contributed by atoms with Crippen LogP contribution in [0.25, 0.3) is 10.9 Å². The number of carboxylic acids is 1. The minimum Gasteiger partial charge on any atom is -0.480 e. The summed E-state index contributed by atoms with van der Waals surface area (Å²) in [6, 6.07) is 3.30. The average Bonchev–Trinajstić information content (AvgIpc) is 2.89. The van der Waals surface area contributed by atoms with Crippen LogP contribution in [0.1, 0.15) is 5.56 Å². The van der Waals surface area contributed by atoms with Crippen LogP contribution in [-0.4, -0.2) is 34.8 Å². The fourth-order valence-corrected chi connectivity index (χ4v) is 2.11. The zero-order valence-corrected chi connectivity index (χ0v) is 11.6. The molecule has 1 aromatic heterocycles. The molecule has 0 saturated carbocycles. The summed E-state index contributed by atoms with van der Waals surface area (Å²) in [5, 5.41) is 11.7. The lowest BCUT2D eigenvalue weighted by atomic mass is 10.0. The van der Waals surface area contributed by atoms with Gasteiger partial charge in [-0.1, -0.05) is 18.7 Å². The smallest absolute Gasteiger partial charge is 0.408 e. The summed E-state index contributed by atoms with van der Waals surface area (Å²) in [6.07, 6.45) is 1.96. The number of aliphatic carboxylic acids is 1. The lowest BCUT2D eigenvalue weighted by Gasteiger charge is -2.13. The van der Waals surface area contributed by atoms with Gasteiger partial charge in [0.1, 0.15) is 18.5 Å². The number of rotatable bonds is 6. The number of ether oxygens (including phenoxy) is 1. The first-order valence-electron chi connectivity index (χ1n) is 6.54. The van der Waals surface area contributed by atoms with E-state index in [-0.39, 0.29) is 13.0 Å². The van der Waals surface area contributed by atoms with Crippen molar-refractivity contribution in [3.8, 4) is 0 Å². The van der Waals surface area contributed by atoms with Gasteiger partial charge in [-0.05, 0) is 17.7 Å². The van der Waals surface area contributed by atoms with E-state index in [1.807, 2.05) is 0 Å². The van der Waals surface area contributed by atoms with Gasteiger partial charge in [0.25, 0.3) is 0 Å². The van der Waals surface area contributed by atoms with Gasteiger partial charge in [0, 0.05) is 23.5 Å². The van der Waals surface area contributed by atoms with E-state index in [9.17, 15) is 19.1 Å². The number of hydrogen-bond donors (Lipinski definition) is 3. The van der Waals surface area contributed by atoms with Crippen molar-refractivity contribution in [3.63, 3.8) is 0 Å². The Morgan fingerprint density at radius 1 is 1.50 bits per heavy atom. The summed E-state index contributed by atoms with van der Waals surface area (Å²) in [7, 11) is 0. The quantitative estimate of drug-likeness (QED) is 0.714. The third-order valence-corrected chi connectivity index (χ3v) is 3.08. The zero-order chi connectivity index (χ0) is 16.1. The molecule has 2 aromatic rings. The number of carbonyl (C=O) groups is 2. The van der Waals surface area contributed by atoms with Gasteiger partial charge in [-0.25, -0.2) is 14.0 Å². The van der Waals surface area contributed by atoms with Gasteiger partial charge in [0.2, 0.25) is 0 Å². The first-order valence-corrected chi connectivity index (χ1v) is 6.54. The largest absolute Gasteiger partial charge is 0.480 e. The number of aromatic amines is 1. The Bertz CT molecular complexity index is 711. The van der Waals surface area contributed by atoms with Crippen LogP contribution in [0.4, 0.5) is 9.18 Å². The number of benzene rings is 1. The molecule has 7 heteroatoms. The minimum absolute atomic E-state index is 0.0279. The number of carboxylic acid groups (broad SMARTS) is 1. The van der Waals surface area contributed by atoms with E-state index in [1.165, 1.54) is 18.3 Å². The van der Waals surface area contributed by atoms with Gasteiger partial charge in [-0.15, -0.1) is 0 Å². The van der Waals surface area contributed by atoms with Gasteiger partial charge in [0.05, 0.1) is 0 Å². The van der Waals surface area contributed by atoms with Crippen LogP contribution in [0.5, 0.6) is 0 Å². The van der Waals surface area contributed by atoms with E-state index < -0.39 is 23.9 Å². The van der Waals surface area contributed by atoms with Crippen LogP contribution >= 0.6 is 0 Å². The molecule has 0 bridgehead atoms. The molecular weight excluding hydrogens is 291 g/mol. The summed E-state index contributed by atoms with van der Waals surface area (Å²) in [5.41, 5.74) is 1.03. The van der Waals surface area contributed by atoms with Gasteiger partial charge >= 0.3 is 12.1 Å². The van der Waals surface area contributed by atoms with Gasteiger partial charge in [-0.3, -0.25) is 0 Å². The topological polar surface area (TPSA) is 91.4 Å². The first-order chi connectivity index (χ1) is 10.5. The fraction of sp³-hybridized carbons (Fsp3) is 0.200. The molecule has 0 aliphatic rings. The van der Waals surface area contributed by atoms with Gasteiger partial charge in [-0.2, -0.15) is 0 Å². The lowest BCUT2D eigenvalue weighted by Crippen LogP contribution is -2.42. The number of carbonyl (C=O) groups excluding carboxylic acids is 1. The highest BCUT2D eigenvalue weighted by Crippen LogP contribution is 2.22. The maximum absolute atomic E-state index is 13.9. The van der Waals surface area contributed by atoms with Crippen LogP contribution in [0.3, 0.4) is 0 Å². The van der Waals surface area contributed by atoms with Crippen molar-refractivity contribution in [1.29, 1.82) is 0 Å². The maximum Gasteiger partial charge on any atom is 0.408 e. The normalized spacial score (nSPS) is 11.9. The molecule has 116 valence electrons. The Hall–Kier alpha value is -2.83. The minimum atomic E-state index is -1.23. The number of H-pyrrole nitrogens is 1. The van der Waals surface area contributed by atoms with E-state index in [2.05, 4.69) is 21.6 Å². The molecule has 2 rings (SSSR count). The second-order valence-electron chi connectivity index (χ2n) is 4.60. The van der Waals surface area contributed by atoms with E-state index in [4.69, 9.17) is 0 Å². The molecule has 22 heavy (non-hydrogen) atoms. The Morgan fingerprint density at radius 3 is 2.95 bits per heavy atom. The molecule has 0 saturated heterocycles. The van der Waals surface area contributed by atoms with Crippen molar-refractivity contribution in [1.82, 2.24) is 10.3 Å². The van der Waals surface area contributed by atoms with Crippen LogP contribution in [0.2, 0.25) is 0 Å². The number of alkyl carbamates (subject to hydrolysis) is 1. The molecule has 1 heterocycles. The maximum atomic E-state index is 13.9. The standard InChI is InChI=1S/C15H15FN2O4/c1-2-6-22-15(21)18-12(14(19)20)7-9-8-17-11-5-3-4-10(16)13(9)11/h2-5,8,12,17H,1,6-7H2,(H,18,21)(H,19,20). The summed E-state index contributed by atoms with van der Waals surface area (Å²) in [4.78, 5) is 25.6. The predicted octanol–water partition coefficient (Wildman–Crippen LogP) is 2.21. The summed E-state index contributed by atoms with van der Waals surface area (Å²) in [6.45, 7) is 3.36. The predicted molar refractivity (Wildman–Crippen MR) is 78.1 cm³/mol. The molecule has 0 fully saturated rings. The fourth-order valence-electron chi connectivity index (χ4n) is 2.11. The van der Waals surface area contributed by atoms with Crippen LogP contribution in [0, 0.1) is 5.82 Å². The number of fused-ring (bicyclic) bond motifs is 1. The molecular formula is C15H15FN2O4. The van der Waals surface area contributed by atoms with E-state index >= 15 is 0 Å². The highest BCUT2D eigenvalue weighted by atomic mass is 19.1. The Morgan fingerprint density at radius 2 is 2.27 bits per heavy atom. The van der Waals surface area contributed by atoms with Crippen molar-refractivity contribution in [2.45, 2.75) is 12.5 Å². The molecule has 0 aliphatic heterocycles. The van der Waals surface area contributed by atoms with E-state index in [0.717, 1.165) is 0 Å². The number of hydrogen-bond acceptors (Lipinski definition) is 3. The molecule has 3 N–H and O–H groups in total. The van der Waals surface area contributed by atoms with E-state index in [0.29, 0.717) is 16.5 Å². The lowest BCUT2D eigenvalue weighted by molar-refractivity contribution is -0.139. The Balaban J connectivity index is 2.18. The van der Waals surface area contributed by atoms with Crippen molar-refractivity contribution in [2.75, 3.05) is 6.61 Å². The monoisotopic (exact) mass is 306 g/mol. The molecule has 1 amide bonds. The second-order valence-corrected chi connectivity index (χ2v) is 4.60. The second kappa shape index (κ2) is 6.75. The highest BCUT2D eigenvalue weighted by Gasteiger charge is 2.23. The van der Waals surface area contributed by atoms with Crippen molar-refractivity contribution >= 4 is 23.0 Å². The summed E-state index contributed by atoms with van der Waals surface area (Å²) < 4.78 is 18.6. The molecule has 0 spiro atoms. The Kier molecular flexibility index (Phi) is 4.77. The summed E-state index contributed by atoms with van der Waals surface area (Å²) in [5.74, 6) is -1.69. The number of amides is 1. The van der Waals surface area contributed by atoms with Crippen molar-refractivity contribution in [2.24, 2.45) is 0 Å². The molecule has 1 aromatic carbocycles. The zero-order valence-electron chi connectivity index (χ0n) is 11.6. The first kappa shape index (κ1) is 15.6. The Labute approximate surface area is 125 Å². The molecule has 1 unspecified atom stereocenters. The molecule has 0 radical (unpaired) electrons. The SMILES string of the molecule is C=CCOC(=O)NC(Cc1c[nH]c2cccc(F)c12)C(=O)O. The molecule has 0 aliphatic carbocycles. The van der Waals surface area contributed by atoms with Crippen LogP contribution in [-0.2, 0) is 16.0 Å². The number of halogens is 1. The van der Waals surface area contributed by atoms with Gasteiger partial charge in [0.15, 0.2) is 0 Å². The number of aromatic nitrogens is 1. The molecule has 6 nitrogen and oxygen atoms in total. The molecule has 1 atom stereocenters. The van der Waals surface area contributed by atoms with Gasteiger partial charge < -0.3 is 20.1 Å². The third kappa shape index (κ3) is 3.43. The van der Waals surface area contributed by atoms with Crippen molar-refractivity contribution in [3.05, 3.63) is 48.4 Å². The summed E-state index contributed by atoms with van der Waals surface area (Å²) >= 11 is 0. The van der Waals surface area contributed by atoms with Crippen LogP contribution < -0.4 is 5.32 Å². The number of nitrogens with one attached hydrogen (secondary N) is 2. The third-order valence-electron chi connectivity index (χ3n) is 3.08. The highest BCUT2D eigenvalue weighted by molar-refractivity contribution is 5.86. The average molecular weight is 306 g/mol. The van der Waals surface area contributed by atoms with E-state index in [1.54, 1.807) is 12.1 Å².